The summed E-state index contributed by atoms with van der Waals surface area (Å²) >= 11 is 1.61. The Labute approximate surface area is 200 Å². The van der Waals surface area contributed by atoms with Crippen molar-refractivity contribution in [3.63, 3.8) is 0 Å². The number of hydrogen-bond donors (Lipinski definition) is 0. The molecule has 0 spiro atoms. The van der Waals surface area contributed by atoms with Gasteiger partial charge in [-0.2, -0.15) is 28.6 Å². The molecule has 0 bridgehead atoms. The van der Waals surface area contributed by atoms with E-state index in [0.29, 0.717) is 24.7 Å². The van der Waals surface area contributed by atoms with Crippen molar-refractivity contribution in [2.45, 2.75) is 23.6 Å². The van der Waals surface area contributed by atoms with Crippen LogP contribution in [0.2, 0.25) is 0 Å². The van der Waals surface area contributed by atoms with E-state index in [2.05, 4.69) is 0 Å². The van der Waals surface area contributed by atoms with Gasteiger partial charge in [-0.3, -0.25) is 8.37 Å². The summed E-state index contributed by atoms with van der Waals surface area (Å²) in [7, 11) is -7.53. The first kappa shape index (κ1) is 27.8. The lowest BCUT2D eigenvalue weighted by Crippen LogP contribution is -2.13. The molecule has 2 aromatic carbocycles. The quantitative estimate of drug-likeness (QED) is 0.245. The zero-order chi connectivity index (χ0) is 24.2. The van der Waals surface area contributed by atoms with E-state index in [9.17, 15) is 16.8 Å². The molecule has 0 fully saturated rings. The third-order valence-corrected chi connectivity index (χ3v) is 7.86. The second-order valence-corrected chi connectivity index (χ2v) is 11.5. The molecular formula is C22H30O8S3. The van der Waals surface area contributed by atoms with Gasteiger partial charge >= 0.3 is 0 Å². The van der Waals surface area contributed by atoms with Crippen molar-refractivity contribution in [2.75, 3.05) is 51.1 Å². The van der Waals surface area contributed by atoms with Crippen molar-refractivity contribution < 1.29 is 34.7 Å². The SMILES string of the molecule is Cc1ccc(S(=O)(=O)OCCOCCSCCOCCOS(=O)(=O)c2ccc(C)cc2)cc1. The van der Waals surface area contributed by atoms with Crippen LogP contribution in [-0.4, -0.2) is 68.0 Å². The number of ether oxygens (including phenoxy) is 2. The molecule has 2 aromatic rings. The first-order chi connectivity index (χ1) is 15.7. The number of rotatable bonds is 16. The third kappa shape index (κ3) is 10.6. The minimum absolute atomic E-state index is 0.0461. The fourth-order valence-electron chi connectivity index (χ4n) is 2.49. The van der Waals surface area contributed by atoms with Crippen LogP contribution in [0.25, 0.3) is 0 Å². The van der Waals surface area contributed by atoms with Gasteiger partial charge in [-0.15, -0.1) is 0 Å². The molecule has 0 N–H and O–H groups in total. The topological polar surface area (TPSA) is 105 Å². The second-order valence-electron chi connectivity index (χ2n) is 7.02. The Morgan fingerprint density at radius 2 is 0.939 bits per heavy atom. The molecule has 0 aliphatic rings. The summed E-state index contributed by atoms with van der Waals surface area (Å²) < 4.78 is 68.8. The van der Waals surface area contributed by atoms with Crippen LogP contribution in [0, 0.1) is 13.8 Å². The molecule has 0 unspecified atom stereocenters. The van der Waals surface area contributed by atoms with Crippen LogP contribution in [0.1, 0.15) is 11.1 Å². The molecule has 0 aliphatic carbocycles. The Bertz CT molecular complexity index is 949. The van der Waals surface area contributed by atoms with Crippen molar-refractivity contribution in [3.8, 4) is 0 Å². The van der Waals surface area contributed by atoms with Gasteiger partial charge in [0.2, 0.25) is 0 Å². The van der Waals surface area contributed by atoms with Crippen molar-refractivity contribution in [2.24, 2.45) is 0 Å². The highest BCUT2D eigenvalue weighted by Gasteiger charge is 2.15. The summed E-state index contributed by atoms with van der Waals surface area (Å²) in [5.74, 6) is 1.43. The average molecular weight is 519 g/mol. The van der Waals surface area contributed by atoms with Gasteiger partial charge in [0, 0.05) is 11.5 Å². The van der Waals surface area contributed by atoms with Gasteiger partial charge in [0.1, 0.15) is 0 Å². The van der Waals surface area contributed by atoms with Crippen molar-refractivity contribution >= 4 is 32.0 Å². The maximum absolute atomic E-state index is 12.0. The van der Waals surface area contributed by atoms with E-state index in [1.165, 1.54) is 24.3 Å². The number of aryl methyl sites for hydroxylation is 2. The summed E-state index contributed by atoms with van der Waals surface area (Å²) in [6, 6.07) is 12.9. The van der Waals surface area contributed by atoms with Crippen molar-refractivity contribution in [1.29, 1.82) is 0 Å². The predicted molar refractivity (Wildman–Crippen MR) is 128 cm³/mol. The Morgan fingerprint density at radius 3 is 1.30 bits per heavy atom. The molecule has 0 saturated carbocycles. The van der Waals surface area contributed by atoms with Gasteiger partial charge in [0.25, 0.3) is 20.2 Å². The molecule has 0 aromatic heterocycles. The highest BCUT2D eigenvalue weighted by molar-refractivity contribution is 7.99. The largest absolute Gasteiger partial charge is 0.378 e. The minimum atomic E-state index is -3.77. The van der Waals surface area contributed by atoms with Gasteiger partial charge < -0.3 is 9.47 Å². The lowest BCUT2D eigenvalue weighted by molar-refractivity contribution is 0.112. The molecule has 0 radical (unpaired) electrons. The van der Waals surface area contributed by atoms with Gasteiger partial charge in [-0.25, -0.2) is 0 Å². The first-order valence-corrected chi connectivity index (χ1v) is 14.3. The van der Waals surface area contributed by atoms with Gasteiger partial charge in [-0.05, 0) is 38.1 Å². The highest BCUT2D eigenvalue weighted by Crippen LogP contribution is 2.14. The molecule has 0 heterocycles. The average Bonchev–Trinajstić information content (AvgIpc) is 2.77. The molecule has 0 aliphatic heterocycles. The minimum Gasteiger partial charge on any atom is -0.378 e. The van der Waals surface area contributed by atoms with Crippen LogP contribution in [0.5, 0.6) is 0 Å². The maximum Gasteiger partial charge on any atom is 0.297 e. The van der Waals surface area contributed by atoms with E-state index >= 15 is 0 Å². The molecule has 2 rings (SSSR count). The maximum atomic E-state index is 12.0. The molecule has 0 amide bonds. The van der Waals surface area contributed by atoms with Gasteiger partial charge in [0.05, 0.1) is 49.4 Å². The molecular weight excluding hydrogens is 488 g/mol. The zero-order valence-corrected chi connectivity index (χ0v) is 21.2. The van der Waals surface area contributed by atoms with Crippen LogP contribution < -0.4 is 0 Å². The Kier molecular flexibility index (Phi) is 11.8. The van der Waals surface area contributed by atoms with Gasteiger partial charge in [-0.1, -0.05) is 35.4 Å². The monoisotopic (exact) mass is 518 g/mol. The van der Waals surface area contributed by atoms with Gasteiger partial charge in [0.15, 0.2) is 0 Å². The zero-order valence-electron chi connectivity index (χ0n) is 18.8. The molecule has 33 heavy (non-hydrogen) atoms. The highest BCUT2D eigenvalue weighted by atomic mass is 32.2. The summed E-state index contributed by atoms with van der Waals surface area (Å²) in [6.07, 6.45) is 0. The number of thioether (sulfide) groups is 1. The van der Waals surface area contributed by atoms with E-state index < -0.39 is 20.2 Å². The third-order valence-electron chi connectivity index (χ3n) is 4.30. The Morgan fingerprint density at radius 1 is 0.576 bits per heavy atom. The van der Waals surface area contributed by atoms with Crippen LogP contribution in [0.4, 0.5) is 0 Å². The Hall–Kier alpha value is -1.47. The fraction of sp³-hybridized carbons (Fsp3) is 0.455. The van der Waals surface area contributed by atoms with E-state index in [0.717, 1.165) is 11.1 Å². The normalized spacial score (nSPS) is 12.2. The lowest BCUT2D eigenvalue weighted by Gasteiger charge is -2.08. The molecule has 0 atom stereocenters. The fourth-order valence-corrected chi connectivity index (χ4v) is 4.95. The summed E-state index contributed by atoms with van der Waals surface area (Å²) in [4.78, 5) is 0.253. The summed E-state index contributed by atoms with van der Waals surface area (Å²) in [5.41, 5.74) is 1.94. The lowest BCUT2D eigenvalue weighted by atomic mass is 10.2. The van der Waals surface area contributed by atoms with E-state index in [1.54, 1.807) is 36.0 Å². The molecule has 0 saturated heterocycles. The van der Waals surface area contributed by atoms with Crippen molar-refractivity contribution in [3.05, 3.63) is 59.7 Å². The Balaban J connectivity index is 1.44. The van der Waals surface area contributed by atoms with Crippen molar-refractivity contribution in [1.82, 2.24) is 0 Å². The van der Waals surface area contributed by atoms with E-state index in [-0.39, 0.29) is 36.2 Å². The smallest absolute Gasteiger partial charge is 0.297 e. The van der Waals surface area contributed by atoms with Crippen LogP contribution >= 0.6 is 11.8 Å². The first-order valence-electron chi connectivity index (χ1n) is 10.4. The number of hydrogen-bond acceptors (Lipinski definition) is 9. The summed E-state index contributed by atoms with van der Waals surface area (Å²) in [5, 5.41) is 0. The molecule has 184 valence electrons. The van der Waals surface area contributed by atoms with Crippen LogP contribution in [0.15, 0.2) is 58.3 Å². The van der Waals surface area contributed by atoms with Crippen LogP contribution in [0.3, 0.4) is 0 Å². The molecule has 11 heteroatoms. The predicted octanol–water partition coefficient (Wildman–Crippen LogP) is 3.18. The molecule has 8 nitrogen and oxygen atoms in total. The second kappa shape index (κ2) is 14.1. The van der Waals surface area contributed by atoms with E-state index in [1.807, 2.05) is 13.8 Å². The van der Waals surface area contributed by atoms with E-state index in [4.69, 9.17) is 17.8 Å². The standard InChI is InChI=1S/C22H30O8S3/c1-19-3-7-21(8-4-19)32(23,24)29-13-11-27-15-17-31-18-16-28-12-14-30-33(25,26)22-9-5-20(2)6-10-22/h3-10H,11-18H2,1-2H3. The summed E-state index contributed by atoms with van der Waals surface area (Å²) in [6.45, 7) is 4.93. The number of benzene rings is 2. The van der Waals surface area contributed by atoms with Crippen LogP contribution in [-0.2, 0) is 38.1 Å².